The highest BCUT2D eigenvalue weighted by Crippen LogP contribution is 2.30. The normalized spacial score (nSPS) is 29.9. The Morgan fingerprint density at radius 3 is 2.33 bits per heavy atom. The molecule has 0 amide bonds. The molecule has 1 aromatic carbocycles. The van der Waals surface area contributed by atoms with Gasteiger partial charge in [0.25, 0.3) is 0 Å². The second-order valence-electron chi connectivity index (χ2n) is 7.26. The molecule has 6 heteroatoms. The van der Waals surface area contributed by atoms with Gasteiger partial charge in [-0.25, -0.2) is 17.1 Å². The van der Waals surface area contributed by atoms with Crippen LogP contribution in [0.5, 0.6) is 0 Å². The summed E-state index contributed by atoms with van der Waals surface area (Å²) in [6.45, 7) is 5.67. The van der Waals surface area contributed by atoms with E-state index in [1.807, 2.05) is 0 Å². The van der Waals surface area contributed by atoms with Crippen molar-refractivity contribution in [1.82, 2.24) is 9.21 Å². The Hall–Kier alpha value is -0.980. The number of likely N-dealkylation sites (tertiary alicyclic amines) is 1. The molecular weight excluding hydrogens is 327 g/mol. The van der Waals surface area contributed by atoms with Gasteiger partial charge in [-0.05, 0) is 57.2 Å². The maximum Gasteiger partial charge on any atom is 0.218 e. The van der Waals surface area contributed by atoms with Crippen molar-refractivity contribution in [2.24, 2.45) is 0 Å². The van der Waals surface area contributed by atoms with E-state index in [1.54, 1.807) is 16.4 Å². The summed E-state index contributed by atoms with van der Waals surface area (Å²) in [5.41, 5.74) is 0.640. The molecule has 0 spiro atoms. The molecule has 1 aromatic rings. The molecule has 24 heavy (non-hydrogen) atoms. The minimum absolute atomic E-state index is 0.0505. The molecule has 3 atom stereocenters. The number of hydrogen-bond donors (Lipinski definition) is 0. The van der Waals surface area contributed by atoms with Crippen molar-refractivity contribution in [2.75, 3.05) is 13.1 Å². The van der Waals surface area contributed by atoms with Crippen molar-refractivity contribution >= 4 is 10.0 Å². The number of halogens is 1. The lowest BCUT2D eigenvalue weighted by molar-refractivity contribution is 0.0979. The third-order valence-electron chi connectivity index (χ3n) is 5.46. The van der Waals surface area contributed by atoms with Gasteiger partial charge in [0, 0.05) is 31.2 Å². The van der Waals surface area contributed by atoms with Crippen molar-refractivity contribution in [3.63, 3.8) is 0 Å². The molecular formula is C18H27FN2O2S. The Kier molecular flexibility index (Phi) is 5.27. The molecule has 134 valence electrons. The maximum absolute atomic E-state index is 13.0. The minimum Gasteiger partial charge on any atom is -0.294 e. The van der Waals surface area contributed by atoms with Gasteiger partial charge < -0.3 is 0 Å². The number of sulfonamides is 1. The molecule has 2 aliphatic rings. The molecule has 0 aliphatic carbocycles. The molecule has 4 nitrogen and oxygen atoms in total. The Balaban J connectivity index is 1.70. The molecule has 0 bridgehead atoms. The van der Waals surface area contributed by atoms with Crippen molar-refractivity contribution in [2.45, 2.75) is 63.4 Å². The second-order valence-corrected chi connectivity index (χ2v) is 9.23. The molecule has 0 N–H and O–H groups in total. The van der Waals surface area contributed by atoms with Crippen LogP contribution in [0.4, 0.5) is 4.39 Å². The van der Waals surface area contributed by atoms with E-state index in [9.17, 15) is 12.8 Å². The van der Waals surface area contributed by atoms with Crippen LogP contribution in [-0.4, -0.2) is 48.8 Å². The Labute approximate surface area is 144 Å². The van der Waals surface area contributed by atoms with E-state index in [0.717, 1.165) is 12.8 Å². The molecule has 3 unspecified atom stereocenters. The zero-order valence-electron chi connectivity index (χ0n) is 14.5. The van der Waals surface area contributed by atoms with Crippen LogP contribution in [0.15, 0.2) is 24.3 Å². The van der Waals surface area contributed by atoms with E-state index in [2.05, 4.69) is 18.7 Å². The summed E-state index contributed by atoms with van der Waals surface area (Å²) in [6.07, 6.45) is 4.36. The van der Waals surface area contributed by atoms with Crippen LogP contribution in [0.25, 0.3) is 0 Å². The van der Waals surface area contributed by atoms with Crippen LogP contribution >= 0.6 is 0 Å². The van der Waals surface area contributed by atoms with E-state index in [-0.39, 0.29) is 11.6 Å². The Morgan fingerprint density at radius 1 is 1.08 bits per heavy atom. The minimum atomic E-state index is -3.36. The second kappa shape index (κ2) is 7.10. The highest BCUT2D eigenvalue weighted by atomic mass is 32.2. The number of hydrogen-bond acceptors (Lipinski definition) is 3. The van der Waals surface area contributed by atoms with E-state index in [1.165, 1.54) is 25.0 Å². The summed E-state index contributed by atoms with van der Waals surface area (Å²) in [6, 6.07) is 7.12. The van der Waals surface area contributed by atoms with Crippen molar-refractivity contribution in [3.05, 3.63) is 35.6 Å². The highest BCUT2D eigenvalue weighted by molar-refractivity contribution is 7.88. The molecule has 0 saturated carbocycles. The van der Waals surface area contributed by atoms with Gasteiger partial charge in [0.1, 0.15) is 5.82 Å². The Morgan fingerprint density at radius 2 is 1.71 bits per heavy atom. The van der Waals surface area contributed by atoms with E-state index < -0.39 is 10.0 Å². The van der Waals surface area contributed by atoms with Crippen LogP contribution < -0.4 is 0 Å². The van der Waals surface area contributed by atoms with E-state index in [4.69, 9.17) is 0 Å². The predicted octanol–water partition coefficient (Wildman–Crippen LogP) is 2.99. The zero-order chi connectivity index (χ0) is 17.3. The maximum atomic E-state index is 13.0. The van der Waals surface area contributed by atoms with Gasteiger partial charge in [-0.15, -0.1) is 0 Å². The smallest absolute Gasteiger partial charge is 0.218 e. The number of benzene rings is 1. The monoisotopic (exact) mass is 354 g/mol. The van der Waals surface area contributed by atoms with Crippen molar-refractivity contribution < 1.29 is 12.8 Å². The van der Waals surface area contributed by atoms with Gasteiger partial charge in [0.15, 0.2) is 0 Å². The molecule has 2 saturated heterocycles. The number of rotatable bonds is 4. The van der Waals surface area contributed by atoms with Crippen LogP contribution in [0.2, 0.25) is 0 Å². The molecule has 3 rings (SSSR count). The summed E-state index contributed by atoms with van der Waals surface area (Å²) in [4.78, 5) is 2.51. The fourth-order valence-electron chi connectivity index (χ4n) is 4.23. The van der Waals surface area contributed by atoms with Gasteiger partial charge in [-0.3, -0.25) is 4.90 Å². The summed E-state index contributed by atoms with van der Waals surface area (Å²) in [7, 11) is -3.36. The first-order chi connectivity index (χ1) is 11.4. The summed E-state index contributed by atoms with van der Waals surface area (Å²) in [5, 5.41) is 0. The van der Waals surface area contributed by atoms with Gasteiger partial charge in [0.05, 0.1) is 5.75 Å². The average molecular weight is 354 g/mol. The van der Waals surface area contributed by atoms with Crippen LogP contribution in [0.1, 0.15) is 45.1 Å². The molecule has 0 radical (unpaired) electrons. The summed E-state index contributed by atoms with van der Waals surface area (Å²) < 4.78 is 40.2. The third-order valence-corrected chi connectivity index (χ3v) is 7.27. The quantitative estimate of drug-likeness (QED) is 0.835. The fourth-order valence-corrected chi connectivity index (χ4v) is 5.84. The van der Waals surface area contributed by atoms with E-state index in [0.29, 0.717) is 36.8 Å². The topological polar surface area (TPSA) is 40.6 Å². The number of piperidine rings is 1. The SMILES string of the molecule is CC1CCC(C)N1C1CCCN(S(=O)(=O)Cc2ccc(F)cc2)C1. The number of nitrogens with zero attached hydrogens (tertiary/aromatic N) is 2. The van der Waals surface area contributed by atoms with Crippen LogP contribution in [-0.2, 0) is 15.8 Å². The lowest BCUT2D eigenvalue weighted by Gasteiger charge is -2.41. The summed E-state index contributed by atoms with van der Waals surface area (Å²) in [5.74, 6) is -0.392. The van der Waals surface area contributed by atoms with Crippen LogP contribution in [0, 0.1) is 5.82 Å². The molecule has 2 aliphatic heterocycles. The third kappa shape index (κ3) is 3.81. The Bertz CT molecular complexity index is 652. The molecule has 0 aromatic heterocycles. The first-order valence-corrected chi connectivity index (χ1v) is 10.5. The van der Waals surface area contributed by atoms with Gasteiger partial charge >= 0.3 is 0 Å². The fraction of sp³-hybridized carbons (Fsp3) is 0.667. The average Bonchev–Trinajstić information content (AvgIpc) is 2.88. The van der Waals surface area contributed by atoms with Crippen molar-refractivity contribution in [1.29, 1.82) is 0 Å². The summed E-state index contributed by atoms with van der Waals surface area (Å²) >= 11 is 0. The standard InChI is InChI=1S/C18H27FN2O2S/c1-14-5-6-15(2)21(14)18-4-3-11-20(12-18)24(22,23)13-16-7-9-17(19)10-8-16/h7-10,14-15,18H,3-6,11-13H2,1-2H3. The lowest BCUT2D eigenvalue weighted by Crippen LogP contribution is -2.52. The zero-order valence-corrected chi connectivity index (χ0v) is 15.3. The highest BCUT2D eigenvalue weighted by Gasteiger charge is 2.37. The molecule has 2 fully saturated rings. The predicted molar refractivity (Wildman–Crippen MR) is 93.6 cm³/mol. The van der Waals surface area contributed by atoms with Gasteiger partial charge in [-0.1, -0.05) is 12.1 Å². The van der Waals surface area contributed by atoms with Crippen molar-refractivity contribution in [3.8, 4) is 0 Å². The van der Waals surface area contributed by atoms with Crippen LogP contribution in [0.3, 0.4) is 0 Å². The van der Waals surface area contributed by atoms with Gasteiger partial charge in [-0.2, -0.15) is 0 Å². The van der Waals surface area contributed by atoms with Gasteiger partial charge in [0.2, 0.25) is 10.0 Å². The van der Waals surface area contributed by atoms with E-state index >= 15 is 0 Å². The molecule has 2 heterocycles. The largest absolute Gasteiger partial charge is 0.294 e. The first kappa shape index (κ1) is 17.8. The lowest BCUT2D eigenvalue weighted by atomic mass is 10.0. The first-order valence-electron chi connectivity index (χ1n) is 8.86.